The van der Waals surface area contributed by atoms with E-state index in [1.54, 1.807) is 44.2 Å². The Balaban J connectivity index is 2.10. The van der Waals surface area contributed by atoms with Gasteiger partial charge in [0.05, 0.1) is 18.2 Å². The number of para-hydroxylation sites is 1. The first-order valence-corrected chi connectivity index (χ1v) is 17.7. The lowest BCUT2D eigenvalue weighted by Crippen LogP contribution is -2.44. The quantitative estimate of drug-likeness (QED) is 0.130. The van der Waals surface area contributed by atoms with Crippen LogP contribution < -0.4 is 21.7 Å². The average Bonchev–Trinajstić information content (AvgIpc) is 3.73. The highest BCUT2D eigenvalue weighted by Gasteiger charge is 2.54. The van der Waals surface area contributed by atoms with Crippen LogP contribution in [0.1, 0.15) is 67.2 Å². The first kappa shape index (κ1) is 38.9. The lowest BCUT2D eigenvalue weighted by atomic mass is 10.0. The van der Waals surface area contributed by atoms with Crippen molar-refractivity contribution in [2.75, 3.05) is 25.5 Å². The van der Waals surface area contributed by atoms with Gasteiger partial charge in [-0.25, -0.2) is 13.8 Å². The highest BCUT2D eigenvalue weighted by Crippen LogP contribution is 2.60. The number of hydrogen-bond donors (Lipinski definition) is 3. The summed E-state index contributed by atoms with van der Waals surface area (Å²) in [5, 5.41) is 10.4. The molecule has 0 bridgehead atoms. The molecule has 0 radical (unpaired) electrons. The molecule has 1 aromatic carbocycles. The van der Waals surface area contributed by atoms with Gasteiger partial charge < -0.3 is 25.8 Å². The smallest absolute Gasteiger partial charge is 0.462 e. The van der Waals surface area contributed by atoms with Crippen molar-refractivity contribution in [3.05, 3.63) is 58.4 Å². The van der Waals surface area contributed by atoms with E-state index in [1.807, 2.05) is 27.7 Å². The van der Waals surface area contributed by atoms with Gasteiger partial charge in [-0.2, -0.15) is 9.65 Å². The number of halogens is 1. The van der Waals surface area contributed by atoms with Crippen LogP contribution in [0, 0.1) is 29.0 Å². The maximum atomic E-state index is 15.1. The van der Waals surface area contributed by atoms with Gasteiger partial charge in [0.15, 0.2) is 11.6 Å². The summed E-state index contributed by atoms with van der Waals surface area (Å²) in [6.45, 7) is 10.7. The Hall–Kier alpha value is -3.58. The summed E-state index contributed by atoms with van der Waals surface area (Å²) in [5.41, 5.74) is 9.98. The van der Waals surface area contributed by atoms with Gasteiger partial charge in [-0.15, -0.1) is 0 Å². The number of carboxylic acid groups (broad SMARTS) is 1. The van der Waals surface area contributed by atoms with Crippen LogP contribution in [0.5, 0.6) is 5.75 Å². The summed E-state index contributed by atoms with van der Waals surface area (Å²) in [4.78, 5) is 41.5. The maximum Gasteiger partial charge on any atom is 0.462 e. The van der Waals surface area contributed by atoms with Crippen LogP contribution in [0.2, 0.25) is 0 Å². The van der Waals surface area contributed by atoms with Crippen molar-refractivity contribution in [2.24, 2.45) is 28.9 Å². The third kappa shape index (κ3) is 9.97. The van der Waals surface area contributed by atoms with Crippen molar-refractivity contribution in [1.29, 1.82) is 0 Å². The molecule has 1 aliphatic carbocycles. The zero-order chi connectivity index (χ0) is 35.8. The van der Waals surface area contributed by atoms with E-state index in [0.717, 1.165) is 10.8 Å². The Bertz CT molecular complexity index is 1550. The predicted octanol–water partition coefficient (Wildman–Crippen LogP) is 5.16. The van der Waals surface area contributed by atoms with E-state index >= 15 is 4.57 Å². The summed E-state index contributed by atoms with van der Waals surface area (Å²) in [6, 6.07) is 6.18. The van der Waals surface area contributed by atoms with Crippen LogP contribution in [0.3, 0.4) is 0 Å². The van der Waals surface area contributed by atoms with Crippen LogP contribution in [0.4, 0.5) is 10.2 Å². The highest BCUT2D eigenvalue weighted by molar-refractivity contribution is 7.51. The monoisotopic (exact) mass is 693 g/mol. The summed E-state index contributed by atoms with van der Waals surface area (Å²) in [7, 11) is -4.47. The molecule has 1 heterocycles. The number of aliphatic carboxylic acids is 1. The summed E-state index contributed by atoms with van der Waals surface area (Å²) in [5.74, 6) is -3.42. The molecular weight excluding hydrogens is 644 g/mol. The number of ether oxygens (including phenoxy) is 1. The molecule has 266 valence electrons. The Morgan fingerprint density at radius 1 is 1.17 bits per heavy atom. The van der Waals surface area contributed by atoms with Gasteiger partial charge in [0.2, 0.25) is 0 Å². The molecule has 0 aliphatic heterocycles. The second-order valence-corrected chi connectivity index (χ2v) is 15.0. The Labute approximate surface area is 281 Å². The van der Waals surface area contributed by atoms with Crippen molar-refractivity contribution in [1.82, 2.24) is 14.2 Å². The molecule has 0 spiro atoms. The van der Waals surface area contributed by atoms with Crippen LogP contribution >= 0.6 is 7.75 Å². The van der Waals surface area contributed by atoms with Gasteiger partial charge in [-0.05, 0) is 48.3 Å². The molecule has 0 unspecified atom stereocenters. The maximum absolute atomic E-state index is 15.1. The molecule has 0 saturated heterocycles. The highest BCUT2D eigenvalue weighted by atomic mass is 31.2. The van der Waals surface area contributed by atoms with Gasteiger partial charge >= 0.3 is 25.4 Å². The molecule has 5 N–H and O–H groups in total. The van der Waals surface area contributed by atoms with Crippen LogP contribution in [0.15, 0.2) is 46.9 Å². The van der Waals surface area contributed by atoms with Crippen LogP contribution in [-0.4, -0.2) is 63.1 Å². The van der Waals surface area contributed by atoms with Crippen LogP contribution in [-0.2, 0) is 23.4 Å². The summed E-state index contributed by atoms with van der Waals surface area (Å²) in [6.07, 6.45) is 3.96. The van der Waals surface area contributed by atoms with Crippen LogP contribution in [0.25, 0.3) is 6.20 Å². The third-order valence-corrected chi connectivity index (χ3v) is 10.5. The Morgan fingerprint density at radius 2 is 1.81 bits per heavy atom. The van der Waals surface area contributed by atoms with E-state index in [9.17, 15) is 23.9 Å². The number of nitrogens with zero attached hydrogens (tertiary/aromatic N) is 3. The van der Waals surface area contributed by atoms with Gasteiger partial charge in [-0.1, -0.05) is 72.6 Å². The fourth-order valence-electron chi connectivity index (χ4n) is 5.11. The number of hydrogen-bond acceptors (Lipinski definition) is 10. The van der Waals surface area contributed by atoms with Gasteiger partial charge in [0.1, 0.15) is 24.4 Å². The lowest BCUT2D eigenvalue weighted by Gasteiger charge is -2.37. The van der Waals surface area contributed by atoms with E-state index in [0.29, 0.717) is 18.4 Å². The first-order valence-electron chi connectivity index (χ1n) is 16.2. The fraction of sp³-hybridized carbons (Fsp3) is 0.576. The minimum Gasteiger partial charge on any atom is -0.480 e. The number of nitrogens with two attached hydrogens (primary N) is 2. The first-order chi connectivity index (χ1) is 22.6. The normalized spacial score (nSPS) is 19.5. The number of anilines is 1. The molecule has 2 aromatic rings. The number of nitrogen functional groups attached to an aromatic ring is 1. The third-order valence-electron chi connectivity index (χ3n) is 8.52. The standard InChI is InChI=1S/C33H49FN5O8P/c1-7-23(8-2)16-39(27(30(40)41)14-21(3)4)48(44,47-25-12-10-9-11-13-25)46-20-33(19-45-31(42)28(35)22(5)6)15-24(33)17-38-18-26(34)29(36)37-32(38)43/h9-13,17-18,21-23,27-28H,7-8,14-16,19-20,35H2,1-6H3,(H,40,41)(H2,36,37,43)/b24-17-/t27-,28-,33-,48-/m0/s1. The van der Waals surface area contributed by atoms with E-state index in [-0.39, 0.29) is 56.1 Å². The van der Waals surface area contributed by atoms with E-state index in [4.69, 9.17) is 25.3 Å². The van der Waals surface area contributed by atoms with Crippen molar-refractivity contribution in [3.63, 3.8) is 0 Å². The van der Waals surface area contributed by atoms with Crippen molar-refractivity contribution in [2.45, 2.75) is 79.3 Å². The summed E-state index contributed by atoms with van der Waals surface area (Å²) >= 11 is 0. The Morgan fingerprint density at radius 3 is 2.38 bits per heavy atom. The molecule has 3 rings (SSSR count). The number of carbonyl (C=O) groups excluding carboxylic acids is 1. The number of rotatable bonds is 19. The number of aromatic nitrogens is 2. The molecule has 48 heavy (non-hydrogen) atoms. The number of carbonyl (C=O) groups is 2. The molecule has 1 aliphatic rings. The molecule has 15 heteroatoms. The zero-order valence-electron chi connectivity index (χ0n) is 28.5. The summed E-state index contributed by atoms with van der Waals surface area (Å²) < 4.78 is 49.6. The average molecular weight is 694 g/mol. The second-order valence-electron chi connectivity index (χ2n) is 13.1. The lowest BCUT2D eigenvalue weighted by molar-refractivity contribution is -0.148. The van der Waals surface area contributed by atoms with E-state index in [1.165, 1.54) is 10.9 Å². The predicted molar refractivity (Wildman–Crippen MR) is 180 cm³/mol. The van der Waals surface area contributed by atoms with Gasteiger partial charge in [0, 0.05) is 12.7 Å². The fourth-order valence-corrected chi connectivity index (χ4v) is 7.18. The molecule has 0 amide bonds. The number of benzene rings is 1. The minimum absolute atomic E-state index is 0.0288. The SMILES string of the molecule is CCC(CC)CN([C@@H](CC(C)C)C(=O)O)[P@](=O)(OC[C@@]1(COC(=O)[C@@H](N)C(C)C)C/C1=C/n1cc(F)c(N)nc1=O)Oc1ccccc1. The van der Waals surface area contributed by atoms with E-state index in [2.05, 4.69) is 4.98 Å². The molecule has 1 fully saturated rings. The van der Waals surface area contributed by atoms with Crippen molar-refractivity contribution in [3.8, 4) is 5.75 Å². The number of carboxylic acids is 1. The molecule has 1 saturated carbocycles. The minimum atomic E-state index is -4.47. The Kier molecular flexibility index (Phi) is 13.5. The van der Waals surface area contributed by atoms with Gasteiger partial charge in [0.25, 0.3) is 0 Å². The molecule has 4 atom stereocenters. The van der Waals surface area contributed by atoms with Crippen molar-refractivity contribution >= 4 is 31.7 Å². The topological polar surface area (TPSA) is 189 Å². The molecule has 13 nitrogen and oxygen atoms in total. The molecular formula is C33H49FN5O8P. The molecule has 1 aromatic heterocycles. The second kappa shape index (κ2) is 16.7. The van der Waals surface area contributed by atoms with Crippen molar-refractivity contribution < 1.29 is 37.4 Å². The largest absolute Gasteiger partial charge is 0.480 e. The van der Waals surface area contributed by atoms with Gasteiger partial charge in [-0.3, -0.25) is 18.7 Å². The van der Waals surface area contributed by atoms with E-state index < -0.39 is 54.5 Å². The zero-order valence-corrected chi connectivity index (χ0v) is 29.4. The number of esters is 1.